The molecule has 29 heavy (non-hydrogen) atoms. The van der Waals surface area contributed by atoms with Gasteiger partial charge < -0.3 is 9.47 Å². The zero-order chi connectivity index (χ0) is 21.5. The van der Waals surface area contributed by atoms with Crippen molar-refractivity contribution in [3.8, 4) is 17.1 Å². The summed E-state index contributed by atoms with van der Waals surface area (Å²) >= 11 is 6.38. The molecule has 154 valence electrons. The number of anilines is 1. The van der Waals surface area contributed by atoms with Gasteiger partial charge in [-0.05, 0) is 52.0 Å². The van der Waals surface area contributed by atoms with Crippen LogP contribution < -0.4 is 15.6 Å². The van der Waals surface area contributed by atoms with Crippen molar-refractivity contribution in [2.75, 3.05) is 12.4 Å². The van der Waals surface area contributed by atoms with Crippen LogP contribution in [0.15, 0.2) is 29.1 Å². The summed E-state index contributed by atoms with van der Waals surface area (Å²) in [5, 5.41) is 7.63. The van der Waals surface area contributed by atoms with Crippen LogP contribution in [-0.4, -0.2) is 33.0 Å². The third-order valence-corrected chi connectivity index (χ3v) is 4.54. The van der Waals surface area contributed by atoms with Crippen molar-refractivity contribution in [3.63, 3.8) is 0 Å². The predicted molar refractivity (Wildman–Crippen MR) is 112 cm³/mol. The number of amides is 1. The van der Waals surface area contributed by atoms with Crippen LogP contribution in [0.2, 0.25) is 5.02 Å². The molecule has 0 unspecified atom stereocenters. The number of carbonyl (C=O) groups excluding carboxylic acids is 1. The van der Waals surface area contributed by atoms with Gasteiger partial charge in [-0.2, -0.15) is 0 Å². The Morgan fingerprint density at radius 3 is 2.52 bits per heavy atom. The average Bonchev–Trinajstić information content (AvgIpc) is 2.91. The van der Waals surface area contributed by atoms with Gasteiger partial charge in [0, 0.05) is 18.3 Å². The topological polar surface area (TPSA) is 86.9 Å². The Morgan fingerprint density at radius 2 is 1.93 bits per heavy atom. The van der Waals surface area contributed by atoms with Gasteiger partial charge in [-0.3, -0.25) is 14.7 Å². The van der Waals surface area contributed by atoms with E-state index in [1.54, 1.807) is 66.1 Å². The number of benzene rings is 1. The fourth-order valence-corrected chi connectivity index (χ4v) is 3.18. The first kappa shape index (κ1) is 20.7. The zero-order valence-electron chi connectivity index (χ0n) is 17.2. The largest absolute Gasteiger partial charge is 0.497 e. The minimum absolute atomic E-state index is 0.240. The molecule has 1 aromatic carbocycles. The van der Waals surface area contributed by atoms with Crippen molar-refractivity contribution in [1.82, 2.24) is 14.2 Å². The van der Waals surface area contributed by atoms with E-state index in [4.69, 9.17) is 21.1 Å². The molecule has 9 heteroatoms. The predicted octanol–water partition coefficient (Wildman–Crippen LogP) is 4.02. The van der Waals surface area contributed by atoms with Crippen LogP contribution in [0.3, 0.4) is 0 Å². The van der Waals surface area contributed by atoms with Crippen LogP contribution in [0.25, 0.3) is 16.9 Å². The summed E-state index contributed by atoms with van der Waals surface area (Å²) in [7, 11) is 3.15. The molecular weight excluding hydrogens is 396 g/mol. The Labute approximate surface area is 173 Å². The Kier molecular flexibility index (Phi) is 5.32. The van der Waals surface area contributed by atoms with E-state index < -0.39 is 11.7 Å². The minimum Gasteiger partial charge on any atom is -0.497 e. The molecule has 0 bridgehead atoms. The van der Waals surface area contributed by atoms with E-state index in [-0.39, 0.29) is 11.1 Å². The summed E-state index contributed by atoms with van der Waals surface area (Å²) in [4.78, 5) is 25.3. The van der Waals surface area contributed by atoms with Crippen LogP contribution in [0.4, 0.5) is 10.5 Å². The first-order valence-electron chi connectivity index (χ1n) is 8.95. The fourth-order valence-electron chi connectivity index (χ4n) is 2.93. The lowest BCUT2D eigenvalue weighted by Gasteiger charge is -2.19. The number of nitrogens with one attached hydrogen (secondary N) is 1. The number of methoxy groups -OCH3 is 1. The molecule has 1 N–H and O–H groups in total. The van der Waals surface area contributed by atoms with Gasteiger partial charge in [0.25, 0.3) is 5.56 Å². The smallest absolute Gasteiger partial charge is 0.412 e. The Morgan fingerprint density at radius 1 is 1.24 bits per heavy atom. The van der Waals surface area contributed by atoms with E-state index in [2.05, 4.69) is 10.4 Å². The lowest BCUT2D eigenvalue weighted by molar-refractivity contribution is 0.0636. The van der Waals surface area contributed by atoms with E-state index in [9.17, 15) is 9.59 Å². The van der Waals surface area contributed by atoms with Gasteiger partial charge >= 0.3 is 6.09 Å². The third kappa shape index (κ3) is 4.07. The van der Waals surface area contributed by atoms with E-state index in [0.29, 0.717) is 33.5 Å². The molecule has 0 spiro atoms. The SMILES string of the molecule is COc1ccc(-c2nn3c(C)cc(NC(=O)OC(C)(C)C)c3c(=O)n2C)c(Cl)c1. The molecule has 0 aliphatic carbocycles. The van der Waals surface area contributed by atoms with Crippen molar-refractivity contribution in [2.45, 2.75) is 33.3 Å². The average molecular weight is 419 g/mol. The number of hydrogen-bond acceptors (Lipinski definition) is 5. The lowest BCUT2D eigenvalue weighted by Crippen LogP contribution is -2.28. The summed E-state index contributed by atoms with van der Waals surface area (Å²) < 4.78 is 13.3. The van der Waals surface area contributed by atoms with Gasteiger partial charge in [0.15, 0.2) is 11.3 Å². The van der Waals surface area contributed by atoms with Crippen LogP contribution in [0.1, 0.15) is 26.5 Å². The van der Waals surface area contributed by atoms with E-state index >= 15 is 0 Å². The quantitative estimate of drug-likeness (QED) is 0.694. The highest BCUT2D eigenvalue weighted by atomic mass is 35.5. The van der Waals surface area contributed by atoms with Crippen molar-refractivity contribution < 1.29 is 14.3 Å². The standard InChI is InChI=1S/C20H23ClN4O4/c1-11-9-15(22-19(27)29-20(2,3)4)16-18(26)24(5)17(23-25(11)16)13-8-7-12(28-6)10-14(13)21/h7-10H,1-6H3,(H,22,27). The summed E-state index contributed by atoms with van der Waals surface area (Å²) in [5.74, 6) is 0.989. The molecule has 0 saturated carbocycles. The molecule has 0 atom stereocenters. The van der Waals surface area contributed by atoms with E-state index in [0.717, 1.165) is 0 Å². The van der Waals surface area contributed by atoms with Gasteiger partial charge in [0.1, 0.15) is 11.4 Å². The van der Waals surface area contributed by atoms with E-state index in [1.807, 2.05) is 0 Å². The monoisotopic (exact) mass is 418 g/mol. The Hall–Kier alpha value is -3.00. The van der Waals surface area contributed by atoms with Crippen molar-refractivity contribution >= 4 is 28.9 Å². The van der Waals surface area contributed by atoms with Gasteiger partial charge in [0.2, 0.25) is 0 Å². The van der Waals surface area contributed by atoms with Gasteiger partial charge in [-0.15, -0.1) is 5.10 Å². The number of carbonyl (C=O) groups is 1. The van der Waals surface area contributed by atoms with Crippen molar-refractivity contribution in [1.29, 1.82) is 0 Å². The highest BCUT2D eigenvalue weighted by molar-refractivity contribution is 6.33. The molecule has 2 aromatic heterocycles. The molecule has 0 fully saturated rings. The lowest BCUT2D eigenvalue weighted by atomic mass is 10.2. The van der Waals surface area contributed by atoms with Gasteiger partial charge in [0.05, 0.1) is 17.8 Å². The molecule has 3 rings (SSSR count). The zero-order valence-corrected chi connectivity index (χ0v) is 17.9. The van der Waals surface area contributed by atoms with Crippen molar-refractivity contribution in [3.05, 3.63) is 45.3 Å². The van der Waals surface area contributed by atoms with Gasteiger partial charge in [-0.1, -0.05) is 11.6 Å². The molecule has 3 aromatic rings. The van der Waals surface area contributed by atoms with Gasteiger partial charge in [-0.25, -0.2) is 9.31 Å². The summed E-state index contributed by atoms with van der Waals surface area (Å²) in [6.45, 7) is 7.09. The first-order valence-corrected chi connectivity index (χ1v) is 9.33. The fraction of sp³-hybridized carbons (Fsp3) is 0.350. The number of hydrogen-bond donors (Lipinski definition) is 1. The molecular formula is C20H23ClN4O4. The number of fused-ring (bicyclic) bond motifs is 1. The van der Waals surface area contributed by atoms with Crippen LogP contribution >= 0.6 is 11.6 Å². The summed E-state index contributed by atoms with van der Waals surface area (Å²) in [6.07, 6.45) is -0.644. The number of rotatable bonds is 3. The minimum atomic E-state index is -0.657. The summed E-state index contributed by atoms with van der Waals surface area (Å²) in [6, 6.07) is 6.82. The Bertz CT molecular complexity index is 1160. The van der Waals surface area contributed by atoms with Crippen LogP contribution in [-0.2, 0) is 11.8 Å². The molecule has 0 aliphatic rings. The third-order valence-electron chi connectivity index (χ3n) is 4.23. The van der Waals surface area contributed by atoms with Crippen LogP contribution in [0, 0.1) is 6.92 Å². The van der Waals surface area contributed by atoms with Crippen molar-refractivity contribution in [2.24, 2.45) is 7.05 Å². The maximum atomic E-state index is 13.1. The maximum Gasteiger partial charge on any atom is 0.412 e. The number of aromatic nitrogens is 3. The number of ether oxygens (including phenoxy) is 2. The number of halogens is 1. The highest BCUT2D eigenvalue weighted by Crippen LogP contribution is 2.30. The molecule has 8 nitrogen and oxygen atoms in total. The second-order valence-corrected chi connectivity index (χ2v) is 8.03. The molecule has 0 radical (unpaired) electrons. The molecule has 2 heterocycles. The number of nitrogens with zero attached hydrogens (tertiary/aromatic N) is 3. The summed E-state index contributed by atoms with van der Waals surface area (Å²) in [5.41, 5.74) is 0.844. The molecule has 0 saturated heterocycles. The van der Waals surface area contributed by atoms with Crippen LogP contribution in [0.5, 0.6) is 5.75 Å². The highest BCUT2D eigenvalue weighted by Gasteiger charge is 2.21. The van der Waals surface area contributed by atoms with E-state index in [1.165, 1.54) is 9.08 Å². The normalized spacial score (nSPS) is 11.6. The second kappa shape index (κ2) is 7.44. The first-order chi connectivity index (χ1) is 13.5. The maximum absolute atomic E-state index is 13.1. The molecule has 0 aliphatic heterocycles. The molecule has 1 amide bonds. The number of aryl methyl sites for hydroxylation is 1. The Balaban J connectivity index is 2.12. The second-order valence-electron chi connectivity index (χ2n) is 7.62.